The molecule has 0 radical (unpaired) electrons. The standard InChI is InChI=1S/C18H20BrFN2O/c1-13(18(23)21-11-14-6-4-3-5-7-14)22(2)12-15-10-16(19)8-9-17(15)20/h3-10,13H,11-12H2,1-2H3,(H,21,23). The Hall–Kier alpha value is -1.72. The van der Waals surface area contributed by atoms with Crippen LogP contribution in [0.2, 0.25) is 0 Å². The van der Waals surface area contributed by atoms with Gasteiger partial charge in [0, 0.05) is 23.1 Å². The Morgan fingerprint density at radius 2 is 1.96 bits per heavy atom. The van der Waals surface area contributed by atoms with E-state index < -0.39 is 0 Å². The van der Waals surface area contributed by atoms with Crippen LogP contribution in [-0.4, -0.2) is 23.9 Å². The fourth-order valence-corrected chi connectivity index (χ4v) is 2.61. The van der Waals surface area contributed by atoms with Crippen molar-refractivity contribution < 1.29 is 9.18 Å². The number of amides is 1. The smallest absolute Gasteiger partial charge is 0.237 e. The number of nitrogens with one attached hydrogen (secondary N) is 1. The van der Waals surface area contributed by atoms with Crippen LogP contribution in [-0.2, 0) is 17.9 Å². The summed E-state index contributed by atoms with van der Waals surface area (Å²) in [4.78, 5) is 14.1. The molecule has 2 aromatic carbocycles. The number of likely N-dealkylation sites (N-methyl/N-ethyl adjacent to an activating group) is 1. The van der Waals surface area contributed by atoms with Crippen molar-refractivity contribution in [3.8, 4) is 0 Å². The van der Waals surface area contributed by atoms with Crippen molar-refractivity contribution in [2.75, 3.05) is 7.05 Å². The van der Waals surface area contributed by atoms with E-state index in [0.717, 1.165) is 10.0 Å². The molecule has 0 aromatic heterocycles. The van der Waals surface area contributed by atoms with Gasteiger partial charge in [0.25, 0.3) is 0 Å². The van der Waals surface area contributed by atoms with Gasteiger partial charge < -0.3 is 5.32 Å². The van der Waals surface area contributed by atoms with Crippen LogP contribution in [0.25, 0.3) is 0 Å². The highest BCUT2D eigenvalue weighted by molar-refractivity contribution is 9.10. The van der Waals surface area contributed by atoms with Crippen LogP contribution in [0.5, 0.6) is 0 Å². The first-order valence-electron chi connectivity index (χ1n) is 7.43. The Labute approximate surface area is 144 Å². The SMILES string of the molecule is CC(C(=O)NCc1ccccc1)N(C)Cc1cc(Br)ccc1F. The van der Waals surface area contributed by atoms with Gasteiger partial charge in [-0.05, 0) is 37.7 Å². The second-order valence-electron chi connectivity index (χ2n) is 5.53. The summed E-state index contributed by atoms with van der Waals surface area (Å²) in [6.07, 6.45) is 0. The van der Waals surface area contributed by atoms with Gasteiger partial charge in [-0.1, -0.05) is 46.3 Å². The van der Waals surface area contributed by atoms with Crippen molar-refractivity contribution in [3.05, 3.63) is 69.9 Å². The molecular weight excluding hydrogens is 359 g/mol. The zero-order valence-electron chi connectivity index (χ0n) is 13.2. The van der Waals surface area contributed by atoms with Crippen molar-refractivity contribution in [2.45, 2.75) is 26.1 Å². The molecule has 1 unspecified atom stereocenters. The topological polar surface area (TPSA) is 32.3 Å². The average molecular weight is 379 g/mol. The van der Waals surface area contributed by atoms with Crippen LogP contribution in [0.1, 0.15) is 18.1 Å². The van der Waals surface area contributed by atoms with Crippen molar-refractivity contribution in [1.82, 2.24) is 10.2 Å². The molecule has 2 aromatic rings. The number of nitrogens with zero attached hydrogens (tertiary/aromatic N) is 1. The average Bonchev–Trinajstić information content (AvgIpc) is 2.56. The third kappa shape index (κ3) is 5.15. The first kappa shape index (κ1) is 17.6. The van der Waals surface area contributed by atoms with Crippen LogP contribution < -0.4 is 5.32 Å². The van der Waals surface area contributed by atoms with Gasteiger partial charge >= 0.3 is 0 Å². The summed E-state index contributed by atoms with van der Waals surface area (Å²) >= 11 is 3.34. The number of carbonyl (C=O) groups excluding carboxylic acids is 1. The second-order valence-corrected chi connectivity index (χ2v) is 6.45. The van der Waals surface area contributed by atoms with E-state index in [0.29, 0.717) is 18.7 Å². The summed E-state index contributed by atoms with van der Waals surface area (Å²) < 4.78 is 14.6. The number of carbonyl (C=O) groups is 1. The minimum atomic E-state index is -0.350. The van der Waals surface area contributed by atoms with E-state index in [9.17, 15) is 9.18 Å². The summed E-state index contributed by atoms with van der Waals surface area (Å²) in [5.74, 6) is -0.344. The third-order valence-corrected chi connectivity index (χ3v) is 4.27. The van der Waals surface area contributed by atoms with E-state index >= 15 is 0 Å². The molecule has 1 amide bonds. The second kappa shape index (κ2) is 8.22. The Morgan fingerprint density at radius 3 is 2.65 bits per heavy atom. The van der Waals surface area contributed by atoms with Gasteiger partial charge in [0.05, 0.1) is 6.04 Å². The molecule has 0 aliphatic rings. The highest BCUT2D eigenvalue weighted by atomic mass is 79.9. The van der Waals surface area contributed by atoms with Crippen molar-refractivity contribution in [1.29, 1.82) is 0 Å². The molecule has 0 saturated heterocycles. The summed E-state index contributed by atoms with van der Waals surface area (Å²) in [7, 11) is 1.81. The molecule has 0 fully saturated rings. The van der Waals surface area contributed by atoms with Crippen LogP contribution >= 0.6 is 15.9 Å². The van der Waals surface area contributed by atoms with Gasteiger partial charge in [-0.2, -0.15) is 0 Å². The fraction of sp³-hybridized carbons (Fsp3) is 0.278. The first-order valence-corrected chi connectivity index (χ1v) is 8.22. The highest BCUT2D eigenvalue weighted by Gasteiger charge is 2.19. The van der Waals surface area contributed by atoms with Gasteiger partial charge in [0.1, 0.15) is 5.82 Å². The van der Waals surface area contributed by atoms with Crippen LogP contribution in [0.15, 0.2) is 53.0 Å². The fourth-order valence-electron chi connectivity index (χ4n) is 2.20. The maximum Gasteiger partial charge on any atom is 0.237 e. The van der Waals surface area contributed by atoms with Crippen molar-refractivity contribution >= 4 is 21.8 Å². The van der Waals surface area contributed by atoms with Crippen LogP contribution in [0, 0.1) is 5.82 Å². The van der Waals surface area contributed by atoms with Gasteiger partial charge in [-0.15, -0.1) is 0 Å². The molecule has 0 aliphatic heterocycles. The molecule has 0 aliphatic carbocycles. The summed E-state index contributed by atoms with van der Waals surface area (Å²) in [6.45, 7) is 2.67. The molecule has 0 bridgehead atoms. The maximum atomic E-state index is 13.8. The third-order valence-electron chi connectivity index (χ3n) is 3.78. The number of hydrogen-bond acceptors (Lipinski definition) is 2. The van der Waals surface area contributed by atoms with E-state index in [2.05, 4.69) is 21.2 Å². The summed E-state index contributed by atoms with van der Waals surface area (Å²) in [5, 5.41) is 2.91. The predicted octanol–water partition coefficient (Wildman–Crippen LogP) is 3.72. The minimum absolute atomic E-state index is 0.0771. The summed E-state index contributed by atoms with van der Waals surface area (Å²) in [6, 6.07) is 14.2. The number of rotatable bonds is 6. The Bertz CT molecular complexity index is 663. The lowest BCUT2D eigenvalue weighted by Crippen LogP contribution is -2.42. The molecule has 122 valence electrons. The van der Waals surface area contributed by atoms with Crippen molar-refractivity contribution in [2.24, 2.45) is 0 Å². The normalized spacial score (nSPS) is 12.2. The minimum Gasteiger partial charge on any atom is -0.351 e. The van der Waals surface area contributed by atoms with E-state index in [1.54, 1.807) is 12.1 Å². The lowest BCUT2D eigenvalue weighted by atomic mass is 10.1. The predicted molar refractivity (Wildman–Crippen MR) is 93.3 cm³/mol. The summed E-state index contributed by atoms with van der Waals surface area (Å²) in [5.41, 5.74) is 1.61. The molecular formula is C18H20BrFN2O. The molecule has 2 rings (SSSR count). The molecule has 0 spiro atoms. The zero-order valence-corrected chi connectivity index (χ0v) is 14.8. The zero-order chi connectivity index (χ0) is 16.8. The molecule has 5 heteroatoms. The van der Waals surface area contributed by atoms with Crippen LogP contribution in [0.3, 0.4) is 0 Å². The quantitative estimate of drug-likeness (QED) is 0.830. The lowest BCUT2D eigenvalue weighted by molar-refractivity contribution is -0.125. The Morgan fingerprint density at radius 1 is 1.26 bits per heavy atom. The molecule has 0 saturated carbocycles. The van der Waals surface area contributed by atoms with E-state index in [4.69, 9.17) is 0 Å². The monoisotopic (exact) mass is 378 g/mol. The molecule has 1 atom stereocenters. The molecule has 0 heterocycles. The molecule has 3 nitrogen and oxygen atoms in total. The van der Waals surface area contributed by atoms with E-state index in [1.807, 2.05) is 49.2 Å². The van der Waals surface area contributed by atoms with Crippen LogP contribution in [0.4, 0.5) is 4.39 Å². The maximum absolute atomic E-state index is 13.8. The Balaban J connectivity index is 1.92. The first-order chi connectivity index (χ1) is 11.0. The largest absolute Gasteiger partial charge is 0.351 e. The van der Waals surface area contributed by atoms with Gasteiger partial charge in [-0.3, -0.25) is 9.69 Å². The number of hydrogen-bond donors (Lipinski definition) is 1. The number of halogens is 2. The van der Waals surface area contributed by atoms with E-state index in [-0.39, 0.29) is 17.8 Å². The van der Waals surface area contributed by atoms with Gasteiger partial charge in [0.2, 0.25) is 5.91 Å². The number of benzene rings is 2. The van der Waals surface area contributed by atoms with Gasteiger partial charge in [0.15, 0.2) is 0 Å². The van der Waals surface area contributed by atoms with Gasteiger partial charge in [-0.25, -0.2) is 4.39 Å². The lowest BCUT2D eigenvalue weighted by Gasteiger charge is -2.24. The Kier molecular flexibility index (Phi) is 6.30. The molecule has 23 heavy (non-hydrogen) atoms. The van der Waals surface area contributed by atoms with Crippen molar-refractivity contribution in [3.63, 3.8) is 0 Å². The van der Waals surface area contributed by atoms with E-state index in [1.165, 1.54) is 6.07 Å². The molecule has 1 N–H and O–H groups in total. The highest BCUT2D eigenvalue weighted by Crippen LogP contribution is 2.17.